The summed E-state index contributed by atoms with van der Waals surface area (Å²) in [6, 6.07) is 5.14. The van der Waals surface area contributed by atoms with Crippen LogP contribution in [0, 0.1) is 0 Å². The Balaban J connectivity index is 2.01. The third-order valence-corrected chi connectivity index (χ3v) is 3.33. The number of nitrogen functional groups attached to an aromatic ring is 1. The van der Waals surface area contributed by atoms with Crippen molar-refractivity contribution in [3.63, 3.8) is 0 Å². The number of anilines is 1. The molecule has 1 heterocycles. The first-order valence-electron chi connectivity index (χ1n) is 7.42. The van der Waals surface area contributed by atoms with Crippen LogP contribution >= 0.6 is 0 Å². The Labute approximate surface area is 125 Å². The van der Waals surface area contributed by atoms with Gasteiger partial charge in [-0.15, -0.1) is 0 Å². The summed E-state index contributed by atoms with van der Waals surface area (Å²) in [6.07, 6.45) is 3.18. The van der Waals surface area contributed by atoms with E-state index < -0.39 is 5.97 Å². The molecule has 21 heavy (non-hydrogen) atoms. The maximum atomic E-state index is 12.0. The number of carbonyl (C=O) groups excluding carboxylic acids is 1. The van der Waals surface area contributed by atoms with Gasteiger partial charge in [-0.05, 0) is 45.2 Å². The van der Waals surface area contributed by atoms with Crippen molar-refractivity contribution in [3.8, 4) is 5.75 Å². The van der Waals surface area contributed by atoms with Gasteiger partial charge in [0.1, 0.15) is 12.4 Å². The van der Waals surface area contributed by atoms with Crippen LogP contribution in [-0.4, -0.2) is 31.4 Å². The lowest BCUT2D eigenvalue weighted by atomic mass is 10.1. The van der Waals surface area contributed by atoms with E-state index in [2.05, 4.69) is 0 Å². The number of ether oxygens (including phenoxy) is 3. The SMILES string of the molecule is CC(C)OC(=O)c1cccc(OCC2CCCCO2)c1N. The van der Waals surface area contributed by atoms with Crippen LogP contribution in [-0.2, 0) is 9.47 Å². The molecule has 1 aromatic carbocycles. The molecule has 0 saturated carbocycles. The molecule has 0 aromatic heterocycles. The molecule has 1 aliphatic heterocycles. The topological polar surface area (TPSA) is 70.8 Å². The Morgan fingerprint density at radius 3 is 2.90 bits per heavy atom. The van der Waals surface area contributed by atoms with E-state index in [4.69, 9.17) is 19.9 Å². The van der Waals surface area contributed by atoms with Gasteiger partial charge < -0.3 is 19.9 Å². The fraction of sp³-hybridized carbons (Fsp3) is 0.562. The second-order valence-electron chi connectivity index (χ2n) is 5.47. The fourth-order valence-corrected chi connectivity index (χ4v) is 2.25. The Bertz CT molecular complexity index is 481. The molecule has 1 atom stereocenters. The van der Waals surface area contributed by atoms with Gasteiger partial charge in [-0.25, -0.2) is 4.79 Å². The predicted octanol–water partition coefficient (Wildman–Crippen LogP) is 2.78. The highest BCUT2D eigenvalue weighted by molar-refractivity contribution is 5.96. The number of benzene rings is 1. The molecule has 5 nitrogen and oxygen atoms in total. The Kier molecular flexibility index (Phi) is 5.44. The van der Waals surface area contributed by atoms with E-state index in [1.54, 1.807) is 32.0 Å². The molecule has 5 heteroatoms. The zero-order valence-corrected chi connectivity index (χ0v) is 12.6. The van der Waals surface area contributed by atoms with E-state index in [0.717, 1.165) is 25.9 Å². The molecule has 0 radical (unpaired) electrons. The highest BCUT2D eigenvalue weighted by Gasteiger charge is 2.18. The molecule has 2 rings (SSSR count). The van der Waals surface area contributed by atoms with E-state index in [0.29, 0.717) is 23.6 Å². The summed E-state index contributed by atoms with van der Waals surface area (Å²) in [7, 11) is 0. The van der Waals surface area contributed by atoms with Gasteiger partial charge in [-0.2, -0.15) is 0 Å². The van der Waals surface area contributed by atoms with Gasteiger partial charge in [0, 0.05) is 6.61 Å². The van der Waals surface area contributed by atoms with E-state index >= 15 is 0 Å². The molecule has 1 fully saturated rings. The van der Waals surface area contributed by atoms with Crippen molar-refractivity contribution in [2.75, 3.05) is 18.9 Å². The number of hydrogen-bond acceptors (Lipinski definition) is 5. The Morgan fingerprint density at radius 1 is 1.43 bits per heavy atom. The van der Waals surface area contributed by atoms with Gasteiger partial charge >= 0.3 is 5.97 Å². The lowest BCUT2D eigenvalue weighted by Crippen LogP contribution is -2.26. The van der Waals surface area contributed by atoms with E-state index in [-0.39, 0.29) is 12.2 Å². The number of carbonyl (C=O) groups is 1. The van der Waals surface area contributed by atoms with Crippen molar-refractivity contribution in [2.24, 2.45) is 0 Å². The summed E-state index contributed by atoms with van der Waals surface area (Å²) in [6.45, 7) is 4.83. The molecule has 1 aromatic rings. The van der Waals surface area contributed by atoms with Crippen LogP contribution in [0.3, 0.4) is 0 Å². The third kappa shape index (κ3) is 4.36. The average Bonchev–Trinajstić information content (AvgIpc) is 2.46. The van der Waals surface area contributed by atoms with E-state index in [9.17, 15) is 4.79 Å². The Hall–Kier alpha value is -1.75. The van der Waals surface area contributed by atoms with Gasteiger partial charge in [-0.1, -0.05) is 6.07 Å². The zero-order chi connectivity index (χ0) is 15.2. The molecule has 116 valence electrons. The van der Waals surface area contributed by atoms with Crippen LogP contribution in [0.1, 0.15) is 43.5 Å². The van der Waals surface area contributed by atoms with Gasteiger partial charge in [0.15, 0.2) is 0 Å². The van der Waals surface area contributed by atoms with Crippen LogP contribution in [0.5, 0.6) is 5.75 Å². The second-order valence-corrected chi connectivity index (χ2v) is 5.47. The summed E-state index contributed by atoms with van der Waals surface area (Å²) in [5.41, 5.74) is 6.67. The highest BCUT2D eigenvalue weighted by Crippen LogP contribution is 2.27. The summed E-state index contributed by atoms with van der Waals surface area (Å²) < 4.78 is 16.5. The van der Waals surface area contributed by atoms with Gasteiger partial charge in [0.2, 0.25) is 0 Å². The first-order chi connectivity index (χ1) is 10.1. The maximum Gasteiger partial charge on any atom is 0.340 e. The molecular formula is C16H23NO4. The van der Waals surface area contributed by atoms with E-state index in [1.165, 1.54) is 0 Å². The molecule has 2 N–H and O–H groups in total. The second kappa shape index (κ2) is 7.31. The number of nitrogens with two attached hydrogens (primary N) is 1. The summed E-state index contributed by atoms with van der Waals surface area (Å²) in [5.74, 6) is 0.0734. The van der Waals surface area contributed by atoms with Crippen molar-refractivity contribution in [2.45, 2.75) is 45.3 Å². The van der Waals surface area contributed by atoms with Gasteiger partial charge in [0.25, 0.3) is 0 Å². The monoisotopic (exact) mass is 293 g/mol. The fourth-order valence-electron chi connectivity index (χ4n) is 2.25. The predicted molar refractivity (Wildman–Crippen MR) is 80.5 cm³/mol. The molecule has 0 spiro atoms. The summed E-state index contributed by atoms with van der Waals surface area (Å²) in [5, 5.41) is 0. The molecule has 1 unspecified atom stereocenters. The highest BCUT2D eigenvalue weighted by atomic mass is 16.5. The zero-order valence-electron chi connectivity index (χ0n) is 12.6. The average molecular weight is 293 g/mol. The lowest BCUT2D eigenvalue weighted by Gasteiger charge is -2.23. The van der Waals surface area contributed by atoms with Crippen molar-refractivity contribution < 1.29 is 19.0 Å². The first kappa shape index (κ1) is 15.6. The van der Waals surface area contributed by atoms with Gasteiger partial charge in [-0.3, -0.25) is 0 Å². The minimum absolute atomic E-state index is 0.101. The first-order valence-corrected chi connectivity index (χ1v) is 7.42. The third-order valence-electron chi connectivity index (χ3n) is 3.33. The number of rotatable bonds is 5. The largest absolute Gasteiger partial charge is 0.489 e. The van der Waals surface area contributed by atoms with Crippen molar-refractivity contribution >= 4 is 11.7 Å². The number of hydrogen-bond donors (Lipinski definition) is 1. The quantitative estimate of drug-likeness (QED) is 0.667. The summed E-state index contributed by atoms with van der Waals surface area (Å²) >= 11 is 0. The molecule has 1 saturated heterocycles. The van der Waals surface area contributed by atoms with Crippen molar-refractivity contribution in [3.05, 3.63) is 23.8 Å². The van der Waals surface area contributed by atoms with Crippen LogP contribution in [0.25, 0.3) is 0 Å². The smallest absolute Gasteiger partial charge is 0.340 e. The standard InChI is InChI=1S/C16H23NO4/c1-11(2)21-16(18)13-7-5-8-14(15(13)17)20-10-12-6-3-4-9-19-12/h5,7-8,11-12H,3-4,6,9-10,17H2,1-2H3. The van der Waals surface area contributed by atoms with Crippen LogP contribution in [0.4, 0.5) is 5.69 Å². The van der Waals surface area contributed by atoms with Crippen LogP contribution in [0.15, 0.2) is 18.2 Å². The Morgan fingerprint density at radius 2 is 2.24 bits per heavy atom. The van der Waals surface area contributed by atoms with Crippen molar-refractivity contribution in [1.82, 2.24) is 0 Å². The van der Waals surface area contributed by atoms with Gasteiger partial charge in [0.05, 0.1) is 23.5 Å². The van der Waals surface area contributed by atoms with E-state index in [1.807, 2.05) is 0 Å². The number of esters is 1. The summed E-state index contributed by atoms with van der Waals surface area (Å²) in [4.78, 5) is 12.0. The molecule has 0 aliphatic carbocycles. The molecule has 1 aliphatic rings. The minimum atomic E-state index is -0.429. The molecule has 0 amide bonds. The molecular weight excluding hydrogens is 270 g/mol. The van der Waals surface area contributed by atoms with Crippen LogP contribution in [0.2, 0.25) is 0 Å². The van der Waals surface area contributed by atoms with Crippen molar-refractivity contribution in [1.29, 1.82) is 0 Å². The number of para-hydroxylation sites is 1. The molecule has 0 bridgehead atoms. The maximum absolute atomic E-state index is 12.0. The lowest BCUT2D eigenvalue weighted by molar-refractivity contribution is -0.0109. The minimum Gasteiger partial charge on any atom is -0.489 e. The van der Waals surface area contributed by atoms with Crippen LogP contribution < -0.4 is 10.5 Å². The normalized spacial score (nSPS) is 18.5.